The van der Waals surface area contributed by atoms with Crippen molar-refractivity contribution >= 4 is 6.21 Å². The number of benzene rings is 2. The first-order valence-corrected chi connectivity index (χ1v) is 8.43. The number of aliphatic imine (C=N–C) groups is 1. The van der Waals surface area contributed by atoms with E-state index in [1.54, 1.807) is 19.2 Å². The maximum atomic E-state index is 13.2. The average molecular weight is 428 g/mol. The quantitative estimate of drug-likeness (QED) is 0.452. The van der Waals surface area contributed by atoms with Gasteiger partial charge in [0.1, 0.15) is 23.7 Å². The van der Waals surface area contributed by atoms with Crippen LogP contribution in [0.5, 0.6) is 5.75 Å². The van der Waals surface area contributed by atoms with Crippen molar-refractivity contribution in [3.63, 3.8) is 0 Å². The highest BCUT2D eigenvalue weighted by atomic mass is 19.4. The molecule has 0 aliphatic rings. The summed E-state index contributed by atoms with van der Waals surface area (Å²) >= 11 is 0. The van der Waals surface area contributed by atoms with Crippen molar-refractivity contribution in [2.24, 2.45) is 4.99 Å². The van der Waals surface area contributed by atoms with E-state index in [-0.39, 0.29) is 5.75 Å². The molecule has 0 aliphatic carbocycles. The van der Waals surface area contributed by atoms with Crippen molar-refractivity contribution in [3.05, 3.63) is 64.8 Å². The summed E-state index contributed by atoms with van der Waals surface area (Å²) in [5.41, 5.74) is -1.52. The number of ether oxygens (including phenoxy) is 1. The number of H-pyrrole nitrogens is 1. The van der Waals surface area contributed by atoms with E-state index in [0.29, 0.717) is 35.2 Å². The largest absolute Gasteiger partial charge is 0.489 e. The number of nitrogens with zero attached hydrogens (tertiary/aromatic N) is 3. The Bertz CT molecular complexity index is 1060. The van der Waals surface area contributed by atoms with Crippen LogP contribution in [-0.2, 0) is 19.0 Å². The van der Waals surface area contributed by atoms with E-state index in [1.807, 2.05) is 0 Å². The van der Waals surface area contributed by atoms with Gasteiger partial charge < -0.3 is 4.74 Å². The van der Waals surface area contributed by atoms with Crippen molar-refractivity contribution in [1.82, 2.24) is 15.4 Å². The fourth-order valence-corrected chi connectivity index (χ4v) is 2.73. The van der Waals surface area contributed by atoms with Crippen LogP contribution < -0.4 is 4.74 Å². The van der Waals surface area contributed by atoms with E-state index in [9.17, 15) is 26.3 Å². The van der Waals surface area contributed by atoms with Gasteiger partial charge in [0.05, 0.1) is 11.1 Å². The SMILES string of the molecule is C/N=C/c1[nH]nnc1-c1cccc(OCc2cc(C(F)(F)F)ccc2C(F)(F)F)c1. The molecule has 0 radical (unpaired) electrons. The van der Waals surface area contributed by atoms with Crippen LogP contribution in [0.15, 0.2) is 47.5 Å². The second-order valence-electron chi connectivity index (χ2n) is 6.15. The molecule has 3 aromatic rings. The molecule has 1 aromatic heterocycles. The maximum absolute atomic E-state index is 13.2. The van der Waals surface area contributed by atoms with E-state index in [4.69, 9.17) is 4.74 Å². The Labute approximate surface area is 166 Å². The lowest BCUT2D eigenvalue weighted by atomic mass is 10.0. The number of rotatable bonds is 5. The number of aromatic amines is 1. The third-order valence-corrected chi connectivity index (χ3v) is 4.07. The number of hydrogen-bond donors (Lipinski definition) is 1. The average Bonchev–Trinajstić information content (AvgIpc) is 3.13. The first kappa shape index (κ1) is 21.3. The highest BCUT2D eigenvalue weighted by Crippen LogP contribution is 2.37. The Morgan fingerprint density at radius 3 is 2.47 bits per heavy atom. The molecule has 5 nitrogen and oxygen atoms in total. The van der Waals surface area contributed by atoms with Gasteiger partial charge in [-0.1, -0.05) is 17.3 Å². The van der Waals surface area contributed by atoms with Crippen molar-refractivity contribution in [2.75, 3.05) is 7.05 Å². The monoisotopic (exact) mass is 428 g/mol. The molecule has 0 unspecified atom stereocenters. The smallest absolute Gasteiger partial charge is 0.416 e. The molecule has 0 spiro atoms. The maximum Gasteiger partial charge on any atom is 0.416 e. The van der Waals surface area contributed by atoms with Crippen LogP contribution in [0.1, 0.15) is 22.4 Å². The lowest BCUT2D eigenvalue weighted by Crippen LogP contribution is -2.14. The van der Waals surface area contributed by atoms with Crippen LogP contribution in [0.25, 0.3) is 11.3 Å². The lowest BCUT2D eigenvalue weighted by molar-refractivity contribution is -0.142. The van der Waals surface area contributed by atoms with E-state index in [1.165, 1.54) is 18.3 Å². The Morgan fingerprint density at radius 1 is 1.03 bits per heavy atom. The predicted molar refractivity (Wildman–Crippen MR) is 96.1 cm³/mol. The van der Waals surface area contributed by atoms with Gasteiger partial charge in [-0.3, -0.25) is 10.1 Å². The molecular formula is C19H14F6N4O. The molecule has 0 saturated heterocycles. The van der Waals surface area contributed by atoms with Crippen molar-refractivity contribution in [2.45, 2.75) is 19.0 Å². The summed E-state index contributed by atoms with van der Waals surface area (Å²) in [6.07, 6.45) is -8.11. The number of halogens is 6. The molecular weight excluding hydrogens is 414 g/mol. The van der Waals surface area contributed by atoms with Gasteiger partial charge in [-0.2, -0.15) is 26.3 Å². The van der Waals surface area contributed by atoms with E-state index < -0.39 is 35.6 Å². The molecule has 158 valence electrons. The highest BCUT2D eigenvalue weighted by Gasteiger charge is 2.37. The summed E-state index contributed by atoms with van der Waals surface area (Å²) in [4.78, 5) is 3.86. The molecule has 0 amide bonds. The van der Waals surface area contributed by atoms with Crippen molar-refractivity contribution < 1.29 is 31.1 Å². The Hall–Kier alpha value is -3.37. The first-order chi connectivity index (χ1) is 14.1. The fourth-order valence-electron chi connectivity index (χ4n) is 2.73. The van der Waals surface area contributed by atoms with Gasteiger partial charge in [0, 0.05) is 24.4 Å². The predicted octanol–water partition coefficient (Wildman–Crippen LogP) is 5.14. The topological polar surface area (TPSA) is 63.2 Å². The summed E-state index contributed by atoms with van der Waals surface area (Å²) in [5, 5.41) is 10.2. The molecule has 2 aromatic carbocycles. The number of hydrogen-bond acceptors (Lipinski definition) is 4. The lowest BCUT2D eigenvalue weighted by Gasteiger charge is -2.16. The minimum atomic E-state index is -4.82. The van der Waals surface area contributed by atoms with Crippen molar-refractivity contribution in [1.29, 1.82) is 0 Å². The van der Waals surface area contributed by atoms with Gasteiger partial charge in [0.25, 0.3) is 0 Å². The fraction of sp³-hybridized carbons (Fsp3) is 0.211. The molecule has 0 saturated carbocycles. The molecule has 30 heavy (non-hydrogen) atoms. The normalized spacial score (nSPS) is 12.5. The third-order valence-electron chi connectivity index (χ3n) is 4.07. The van der Waals surface area contributed by atoms with E-state index in [0.717, 1.165) is 0 Å². The standard InChI is InChI=1S/C19H14F6N4O/c1-26-9-16-17(28-29-27-16)11-3-2-4-14(8-11)30-10-12-7-13(18(20,21)22)5-6-15(12)19(23,24)25/h2-9H,10H2,1H3,(H,27,28,29)/b26-9+. The molecule has 1 heterocycles. The minimum absolute atomic E-state index is 0.153. The minimum Gasteiger partial charge on any atom is -0.489 e. The summed E-state index contributed by atoms with van der Waals surface area (Å²) in [6.45, 7) is -0.704. The zero-order chi connectivity index (χ0) is 21.9. The summed E-state index contributed by atoms with van der Waals surface area (Å²) in [7, 11) is 1.55. The first-order valence-electron chi connectivity index (χ1n) is 8.43. The van der Waals surface area contributed by atoms with Gasteiger partial charge in [0.15, 0.2) is 0 Å². The second-order valence-corrected chi connectivity index (χ2v) is 6.15. The van der Waals surface area contributed by atoms with Gasteiger partial charge in [-0.15, -0.1) is 5.10 Å². The van der Waals surface area contributed by atoms with Gasteiger partial charge in [-0.05, 0) is 30.3 Å². The molecule has 0 atom stereocenters. The molecule has 11 heteroatoms. The third kappa shape index (κ3) is 4.78. The van der Waals surface area contributed by atoms with Gasteiger partial charge in [-0.25, -0.2) is 0 Å². The van der Waals surface area contributed by atoms with Gasteiger partial charge >= 0.3 is 12.4 Å². The summed E-state index contributed by atoms with van der Waals surface area (Å²) in [6, 6.07) is 7.45. The second kappa shape index (κ2) is 8.17. The molecule has 3 rings (SSSR count). The van der Waals surface area contributed by atoms with Crippen LogP contribution in [0.2, 0.25) is 0 Å². The van der Waals surface area contributed by atoms with Crippen molar-refractivity contribution in [3.8, 4) is 17.0 Å². The Balaban J connectivity index is 1.89. The molecule has 0 aliphatic heterocycles. The van der Waals surface area contributed by atoms with Crippen LogP contribution >= 0.6 is 0 Å². The number of aromatic nitrogens is 3. The molecule has 0 bridgehead atoms. The Kier molecular flexibility index (Phi) is 5.81. The van der Waals surface area contributed by atoms with Crippen LogP contribution in [0.3, 0.4) is 0 Å². The molecule has 1 N–H and O–H groups in total. The highest BCUT2D eigenvalue weighted by molar-refractivity contribution is 5.86. The van der Waals surface area contributed by atoms with Crippen LogP contribution in [-0.4, -0.2) is 28.7 Å². The van der Waals surface area contributed by atoms with E-state index in [2.05, 4.69) is 20.4 Å². The summed E-state index contributed by atoms with van der Waals surface area (Å²) in [5.74, 6) is 0.153. The number of nitrogens with one attached hydrogen (secondary N) is 1. The van der Waals surface area contributed by atoms with Crippen LogP contribution in [0, 0.1) is 0 Å². The Morgan fingerprint density at radius 2 is 1.80 bits per heavy atom. The summed E-state index contributed by atoms with van der Waals surface area (Å²) < 4.78 is 83.7. The van der Waals surface area contributed by atoms with Crippen LogP contribution in [0.4, 0.5) is 26.3 Å². The zero-order valence-corrected chi connectivity index (χ0v) is 15.3. The van der Waals surface area contributed by atoms with Gasteiger partial charge in [0.2, 0.25) is 0 Å². The van der Waals surface area contributed by atoms with E-state index >= 15 is 0 Å². The molecule has 0 fully saturated rings. The number of alkyl halides is 6. The zero-order valence-electron chi connectivity index (χ0n) is 15.3.